The van der Waals surface area contributed by atoms with Gasteiger partial charge < -0.3 is 44.1 Å². The van der Waals surface area contributed by atoms with Crippen LogP contribution in [0, 0.1) is 0 Å². The van der Waals surface area contributed by atoms with Crippen LogP contribution in [0.3, 0.4) is 0 Å². The average Bonchev–Trinajstić information content (AvgIpc) is 3.05. The fraction of sp³-hybridized carbons (Fsp3) is 0.657. The van der Waals surface area contributed by atoms with Crippen molar-refractivity contribution in [2.75, 3.05) is 39.6 Å². The first-order valence-electron chi connectivity index (χ1n) is 16.1. The molecule has 0 bridgehead atoms. The Kier molecular flexibility index (Phi) is 30.4. The van der Waals surface area contributed by atoms with E-state index in [4.69, 9.17) is 39.0 Å². The lowest BCUT2D eigenvalue weighted by Crippen LogP contribution is -2.30. The van der Waals surface area contributed by atoms with E-state index in [0.717, 1.165) is 24.3 Å². The third-order valence-electron chi connectivity index (χ3n) is 6.21. The quantitative estimate of drug-likeness (QED) is 0.0782. The highest BCUT2D eigenvalue weighted by Crippen LogP contribution is 2.15. The molecule has 4 N–H and O–H groups in total. The van der Waals surface area contributed by atoms with E-state index in [2.05, 4.69) is 32.2 Å². The molecule has 266 valence electrons. The normalized spacial score (nSPS) is 13.8. The van der Waals surface area contributed by atoms with Gasteiger partial charge in [0.2, 0.25) is 0 Å². The number of aliphatic hydroxyl groups excluding tert-OH is 2. The minimum atomic E-state index is -0.981. The third kappa shape index (κ3) is 31.2. The van der Waals surface area contributed by atoms with Crippen LogP contribution < -0.4 is 4.74 Å². The molecule has 5 atom stereocenters. The van der Waals surface area contributed by atoms with Gasteiger partial charge in [0.15, 0.2) is 0 Å². The molecule has 0 spiro atoms. The number of ether oxygens (including phenoxy) is 5. The minimum absolute atomic E-state index is 0.00258. The molecule has 46 heavy (non-hydrogen) atoms. The lowest BCUT2D eigenvalue weighted by molar-refractivity contribution is -0.132. The standard InChI is InChI=1S/C29H52O7.2C3H4O2/c1-6-7-8-9-10-11-12-27-13-15-29(16-14-27)36-22-28(31)21-35-26(5)20-34-25(4)19-33-24(3)18-32-23(2)17-30;2*1-2-3(4)5/h13-16,23-26,28,30-31H,6-12,17-22H2,1-5H3;2*2H,1H2,(H,4,5). The van der Waals surface area contributed by atoms with Crippen LogP contribution in [-0.4, -0.2) is 103 Å². The molecular formula is C35H60O11. The number of carbonyl (C=O) groups is 2. The van der Waals surface area contributed by atoms with Crippen molar-refractivity contribution in [1.82, 2.24) is 0 Å². The number of unbranched alkanes of at least 4 members (excludes halogenated alkanes) is 5. The second kappa shape index (κ2) is 30.8. The maximum absolute atomic E-state index is 10.2. The molecule has 0 fully saturated rings. The number of hydrogen-bond donors (Lipinski definition) is 4. The molecule has 0 radical (unpaired) electrons. The van der Waals surface area contributed by atoms with E-state index in [1.54, 1.807) is 0 Å². The van der Waals surface area contributed by atoms with Crippen LogP contribution in [0.2, 0.25) is 0 Å². The molecule has 11 nitrogen and oxygen atoms in total. The molecule has 0 saturated heterocycles. The molecular weight excluding hydrogens is 596 g/mol. The van der Waals surface area contributed by atoms with Crippen molar-refractivity contribution in [1.29, 1.82) is 0 Å². The smallest absolute Gasteiger partial charge is 0.327 e. The summed E-state index contributed by atoms with van der Waals surface area (Å²) in [5.74, 6) is -1.20. The zero-order chi connectivity index (χ0) is 35.2. The first-order chi connectivity index (χ1) is 21.9. The topological polar surface area (TPSA) is 161 Å². The highest BCUT2D eigenvalue weighted by Gasteiger charge is 2.13. The zero-order valence-electron chi connectivity index (χ0n) is 28.6. The number of aliphatic carboxylic acids is 2. The van der Waals surface area contributed by atoms with Gasteiger partial charge in [0.25, 0.3) is 0 Å². The maximum Gasteiger partial charge on any atom is 0.327 e. The molecule has 0 aliphatic carbocycles. The Morgan fingerprint density at radius 2 is 1.11 bits per heavy atom. The Balaban J connectivity index is 0. The molecule has 0 aliphatic heterocycles. The second-order valence-electron chi connectivity index (χ2n) is 11.0. The predicted molar refractivity (Wildman–Crippen MR) is 179 cm³/mol. The minimum Gasteiger partial charge on any atom is -0.491 e. The van der Waals surface area contributed by atoms with Crippen LogP contribution in [0.1, 0.15) is 78.7 Å². The summed E-state index contributed by atoms with van der Waals surface area (Å²) in [6, 6.07) is 8.16. The van der Waals surface area contributed by atoms with Gasteiger partial charge in [-0.1, -0.05) is 64.3 Å². The molecule has 0 heterocycles. The maximum atomic E-state index is 10.2. The zero-order valence-corrected chi connectivity index (χ0v) is 28.6. The van der Waals surface area contributed by atoms with E-state index >= 15 is 0 Å². The monoisotopic (exact) mass is 656 g/mol. The summed E-state index contributed by atoms with van der Waals surface area (Å²) in [6.45, 7) is 17.4. The Morgan fingerprint density at radius 1 is 0.696 bits per heavy atom. The molecule has 1 rings (SSSR count). The largest absolute Gasteiger partial charge is 0.491 e. The molecule has 0 aromatic heterocycles. The van der Waals surface area contributed by atoms with Gasteiger partial charge in [-0.3, -0.25) is 0 Å². The van der Waals surface area contributed by atoms with Crippen molar-refractivity contribution >= 4 is 11.9 Å². The van der Waals surface area contributed by atoms with E-state index in [0.29, 0.717) is 19.8 Å². The third-order valence-corrected chi connectivity index (χ3v) is 6.21. The number of carboxylic acid groups (broad SMARTS) is 2. The summed E-state index contributed by atoms with van der Waals surface area (Å²) >= 11 is 0. The van der Waals surface area contributed by atoms with Crippen molar-refractivity contribution < 1.29 is 53.7 Å². The van der Waals surface area contributed by atoms with Crippen molar-refractivity contribution in [3.05, 3.63) is 55.1 Å². The first kappa shape index (κ1) is 45.3. The van der Waals surface area contributed by atoms with Crippen molar-refractivity contribution in [2.24, 2.45) is 0 Å². The van der Waals surface area contributed by atoms with Gasteiger partial charge >= 0.3 is 11.9 Å². The van der Waals surface area contributed by atoms with Crippen molar-refractivity contribution in [3.63, 3.8) is 0 Å². The summed E-state index contributed by atoms with van der Waals surface area (Å²) in [5.41, 5.74) is 1.33. The van der Waals surface area contributed by atoms with Crippen LogP contribution in [0.25, 0.3) is 0 Å². The van der Waals surface area contributed by atoms with Crippen LogP contribution in [0.15, 0.2) is 49.6 Å². The highest BCUT2D eigenvalue weighted by atomic mass is 16.6. The molecule has 0 amide bonds. The van der Waals surface area contributed by atoms with Gasteiger partial charge in [0.1, 0.15) is 18.5 Å². The van der Waals surface area contributed by atoms with E-state index in [-0.39, 0.29) is 44.2 Å². The fourth-order valence-corrected chi connectivity index (χ4v) is 3.47. The molecule has 5 unspecified atom stereocenters. The Labute approximate surface area is 276 Å². The van der Waals surface area contributed by atoms with Crippen LogP contribution in [0.4, 0.5) is 0 Å². The van der Waals surface area contributed by atoms with Crippen LogP contribution in [0.5, 0.6) is 5.75 Å². The SMILES string of the molecule is C=CC(=O)O.C=CC(=O)O.CCCCCCCCc1ccc(OCC(O)COC(C)COC(C)COC(C)COC(C)CO)cc1. The lowest BCUT2D eigenvalue weighted by Gasteiger charge is -2.21. The van der Waals surface area contributed by atoms with Gasteiger partial charge in [-0.2, -0.15) is 0 Å². The van der Waals surface area contributed by atoms with E-state index in [1.807, 2.05) is 39.8 Å². The summed E-state index contributed by atoms with van der Waals surface area (Å²) < 4.78 is 28.4. The summed E-state index contributed by atoms with van der Waals surface area (Å²) in [5, 5.41) is 34.4. The number of benzene rings is 1. The van der Waals surface area contributed by atoms with Gasteiger partial charge in [-0.05, 0) is 58.2 Å². The fourth-order valence-electron chi connectivity index (χ4n) is 3.47. The Morgan fingerprint density at radius 3 is 1.54 bits per heavy atom. The van der Waals surface area contributed by atoms with E-state index < -0.39 is 18.0 Å². The van der Waals surface area contributed by atoms with Gasteiger partial charge in [0, 0.05) is 12.2 Å². The molecule has 0 saturated carbocycles. The van der Waals surface area contributed by atoms with Crippen molar-refractivity contribution in [2.45, 2.75) is 110 Å². The highest BCUT2D eigenvalue weighted by molar-refractivity contribution is 5.79. The molecule has 11 heteroatoms. The van der Waals surface area contributed by atoms with E-state index in [1.165, 1.54) is 44.1 Å². The predicted octanol–water partition coefficient (Wildman–Crippen LogP) is 5.46. The molecule has 0 aliphatic rings. The van der Waals surface area contributed by atoms with Crippen molar-refractivity contribution in [3.8, 4) is 5.75 Å². The average molecular weight is 657 g/mol. The number of rotatable bonds is 25. The molecule has 1 aromatic rings. The number of hydrogen-bond acceptors (Lipinski definition) is 9. The van der Waals surface area contributed by atoms with E-state index in [9.17, 15) is 14.7 Å². The number of aryl methyl sites for hydroxylation is 1. The second-order valence-corrected chi connectivity index (χ2v) is 11.0. The summed E-state index contributed by atoms with van der Waals surface area (Å²) in [4.78, 5) is 18.5. The van der Waals surface area contributed by atoms with Gasteiger partial charge in [-0.25, -0.2) is 9.59 Å². The number of carboxylic acids is 2. The van der Waals surface area contributed by atoms with Crippen LogP contribution in [-0.2, 0) is 35.0 Å². The summed E-state index contributed by atoms with van der Waals surface area (Å²) in [7, 11) is 0. The van der Waals surface area contributed by atoms with Crippen LogP contribution >= 0.6 is 0 Å². The Bertz CT molecular complexity index is 873. The molecule has 1 aromatic carbocycles. The first-order valence-corrected chi connectivity index (χ1v) is 16.1. The van der Waals surface area contributed by atoms with Gasteiger partial charge in [0.05, 0.1) is 57.5 Å². The Hall–Kier alpha value is -2.80. The summed E-state index contributed by atoms with van der Waals surface area (Å²) in [6.07, 6.45) is 9.36. The lowest BCUT2D eigenvalue weighted by atomic mass is 10.0. The number of aliphatic hydroxyl groups is 2. The van der Waals surface area contributed by atoms with Gasteiger partial charge in [-0.15, -0.1) is 0 Å².